The maximum absolute atomic E-state index is 9.67. The van der Waals surface area contributed by atoms with Crippen molar-refractivity contribution in [1.82, 2.24) is 9.97 Å². The van der Waals surface area contributed by atoms with E-state index >= 15 is 0 Å². The van der Waals surface area contributed by atoms with Gasteiger partial charge in [0.1, 0.15) is 6.07 Å². The molecule has 7 heteroatoms. The molecule has 0 bridgehead atoms. The van der Waals surface area contributed by atoms with Crippen LogP contribution in [-0.2, 0) is 0 Å². The minimum Gasteiger partial charge on any atom is -0.493 e. The molecule has 0 aliphatic carbocycles. The van der Waals surface area contributed by atoms with Crippen LogP contribution in [0.2, 0.25) is 0 Å². The number of halogens is 1. The van der Waals surface area contributed by atoms with E-state index in [1.165, 1.54) is 0 Å². The van der Waals surface area contributed by atoms with E-state index in [2.05, 4.69) is 37.3 Å². The molecular weight excluding hydrogens is 432 g/mol. The fourth-order valence-corrected chi connectivity index (χ4v) is 3.76. The molecule has 0 spiro atoms. The van der Waals surface area contributed by atoms with Gasteiger partial charge >= 0.3 is 0 Å². The molecule has 6 nitrogen and oxygen atoms in total. The molecule has 0 aliphatic heterocycles. The first-order chi connectivity index (χ1) is 14.1. The highest BCUT2D eigenvalue weighted by Crippen LogP contribution is 2.42. The minimum absolute atomic E-state index is 0.443. The number of H-pyrrole nitrogens is 1. The Labute approximate surface area is 176 Å². The van der Waals surface area contributed by atoms with Crippen LogP contribution in [0.1, 0.15) is 5.56 Å². The summed E-state index contributed by atoms with van der Waals surface area (Å²) in [6.45, 7) is 0. The lowest BCUT2D eigenvalue weighted by Gasteiger charge is -2.17. The summed E-state index contributed by atoms with van der Waals surface area (Å²) in [6, 6.07) is 13.9. The highest BCUT2D eigenvalue weighted by molar-refractivity contribution is 9.10. The SMILES string of the molecule is COc1cc(Br)c(-c2cncc(C#N)c2Nc2ccc3[nH]ccc3c2)cc1OC. The number of nitrogens with one attached hydrogen (secondary N) is 2. The number of hydrogen-bond acceptors (Lipinski definition) is 5. The van der Waals surface area contributed by atoms with Crippen LogP contribution in [0.25, 0.3) is 22.0 Å². The first kappa shape index (κ1) is 18.8. The topological polar surface area (TPSA) is 83.0 Å². The van der Waals surface area contributed by atoms with Crippen molar-refractivity contribution in [2.45, 2.75) is 0 Å². The summed E-state index contributed by atoms with van der Waals surface area (Å²) in [6.07, 6.45) is 5.17. The third kappa shape index (κ3) is 3.50. The van der Waals surface area contributed by atoms with Crippen molar-refractivity contribution in [3.8, 4) is 28.7 Å². The molecule has 4 rings (SSSR count). The number of pyridine rings is 1. The first-order valence-corrected chi connectivity index (χ1v) is 9.58. The predicted molar refractivity (Wildman–Crippen MR) is 117 cm³/mol. The zero-order chi connectivity index (χ0) is 20.4. The summed E-state index contributed by atoms with van der Waals surface area (Å²) < 4.78 is 11.6. The maximum Gasteiger partial charge on any atom is 0.161 e. The van der Waals surface area contributed by atoms with Crippen LogP contribution < -0.4 is 14.8 Å². The van der Waals surface area contributed by atoms with Gasteiger partial charge in [-0.1, -0.05) is 15.9 Å². The number of nitrogens with zero attached hydrogens (tertiary/aromatic N) is 2. The monoisotopic (exact) mass is 448 g/mol. The first-order valence-electron chi connectivity index (χ1n) is 8.78. The molecular formula is C22H17BrN4O2. The predicted octanol–water partition coefficient (Wildman–Crippen LogP) is 5.62. The lowest BCUT2D eigenvalue weighted by molar-refractivity contribution is 0.355. The fourth-order valence-electron chi connectivity index (χ4n) is 3.22. The number of aromatic amines is 1. The summed E-state index contributed by atoms with van der Waals surface area (Å²) in [5.74, 6) is 1.20. The van der Waals surface area contributed by atoms with Gasteiger partial charge in [0.25, 0.3) is 0 Å². The normalized spacial score (nSPS) is 10.6. The summed E-state index contributed by atoms with van der Waals surface area (Å²) in [4.78, 5) is 7.43. The second-order valence-electron chi connectivity index (χ2n) is 6.31. The Balaban J connectivity index is 1.86. The van der Waals surface area contributed by atoms with Crippen LogP contribution in [0.4, 0.5) is 11.4 Å². The Morgan fingerprint density at radius 3 is 2.59 bits per heavy atom. The number of methoxy groups -OCH3 is 2. The number of nitriles is 1. The summed E-state index contributed by atoms with van der Waals surface area (Å²) in [7, 11) is 3.18. The van der Waals surface area contributed by atoms with Gasteiger partial charge in [-0.05, 0) is 36.4 Å². The third-order valence-electron chi connectivity index (χ3n) is 4.65. The zero-order valence-electron chi connectivity index (χ0n) is 15.8. The number of hydrogen-bond donors (Lipinski definition) is 2. The fraction of sp³-hybridized carbons (Fsp3) is 0.0909. The number of fused-ring (bicyclic) bond motifs is 1. The van der Waals surface area contributed by atoms with E-state index in [0.29, 0.717) is 22.7 Å². The van der Waals surface area contributed by atoms with Gasteiger partial charge in [-0.2, -0.15) is 5.26 Å². The summed E-state index contributed by atoms with van der Waals surface area (Å²) >= 11 is 3.60. The van der Waals surface area contributed by atoms with Gasteiger partial charge in [-0.25, -0.2) is 0 Å². The average Bonchev–Trinajstić information content (AvgIpc) is 3.21. The van der Waals surface area contributed by atoms with Gasteiger partial charge in [0.05, 0.1) is 25.5 Å². The molecule has 4 aromatic rings. The smallest absolute Gasteiger partial charge is 0.161 e. The second kappa shape index (κ2) is 7.86. The van der Waals surface area contributed by atoms with Crippen LogP contribution in [-0.4, -0.2) is 24.2 Å². The Bertz CT molecular complexity index is 1240. The van der Waals surface area contributed by atoms with Gasteiger partial charge in [-0.3, -0.25) is 4.98 Å². The lowest BCUT2D eigenvalue weighted by Crippen LogP contribution is -1.99. The molecule has 0 fully saturated rings. The molecule has 2 aromatic carbocycles. The highest BCUT2D eigenvalue weighted by atomic mass is 79.9. The van der Waals surface area contributed by atoms with E-state index < -0.39 is 0 Å². The molecule has 0 aliphatic rings. The van der Waals surface area contributed by atoms with Crippen molar-refractivity contribution in [2.24, 2.45) is 0 Å². The molecule has 0 unspecified atom stereocenters. The van der Waals surface area contributed by atoms with Crippen molar-refractivity contribution in [3.05, 3.63) is 65.0 Å². The van der Waals surface area contributed by atoms with E-state index in [9.17, 15) is 5.26 Å². The van der Waals surface area contributed by atoms with Gasteiger partial charge in [-0.15, -0.1) is 0 Å². The van der Waals surface area contributed by atoms with E-state index in [1.807, 2.05) is 42.6 Å². The van der Waals surface area contributed by atoms with Crippen LogP contribution >= 0.6 is 15.9 Å². The standard InChI is InChI=1S/C22H17BrN4O2/c1-28-20-8-16(18(23)9-21(20)29-2)17-12-25-11-14(10-24)22(17)27-15-3-4-19-13(7-15)5-6-26-19/h3-9,11-12,26H,1-2H3,(H,25,27). The number of benzene rings is 2. The molecule has 2 aromatic heterocycles. The summed E-state index contributed by atoms with van der Waals surface area (Å²) in [5.41, 5.74) is 4.64. The molecule has 0 saturated carbocycles. The van der Waals surface area contributed by atoms with E-state index in [-0.39, 0.29) is 0 Å². The Kier molecular flexibility index (Phi) is 5.10. The largest absolute Gasteiger partial charge is 0.493 e. The van der Waals surface area contributed by atoms with Crippen molar-refractivity contribution in [1.29, 1.82) is 5.26 Å². The van der Waals surface area contributed by atoms with Gasteiger partial charge in [0.2, 0.25) is 0 Å². The second-order valence-corrected chi connectivity index (χ2v) is 7.17. The van der Waals surface area contributed by atoms with Crippen molar-refractivity contribution in [2.75, 3.05) is 19.5 Å². The molecule has 0 saturated heterocycles. The van der Waals surface area contributed by atoms with Crippen molar-refractivity contribution < 1.29 is 9.47 Å². The lowest BCUT2D eigenvalue weighted by atomic mass is 10.0. The molecule has 0 radical (unpaired) electrons. The number of anilines is 2. The Hall–Kier alpha value is -3.50. The van der Waals surface area contributed by atoms with Crippen LogP contribution in [0.5, 0.6) is 11.5 Å². The van der Waals surface area contributed by atoms with Gasteiger partial charge in [0.15, 0.2) is 11.5 Å². The number of aromatic nitrogens is 2. The molecule has 144 valence electrons. The Morgan fingerprint density at radius 1 is 1.03 bits per heavy atom. The van der Waals surface area contributed by atoms with Crippen LogP contribution in [0.15, 0.2) is 59.5 Å². The molecule has 0 amide bonds. The Morgan fingerprint density at radius 2 is 1.83 bits per heavy atom. The minimum atomic E-state index is 0.443. The molecule has 29 heavy (non-hydrogen) atoms. The maximum atomic E-state index is 9.67. The third-order valence-corrected chi connectivity index (χ3v) is 5.31. The zero-order valence-corrected chi connectivity index (χ0v) is 17.4. The number of ether oxygens (including phenoxy) is 2. The van der Waals surface area contributed by atoms with E-state index in [4.69, 9.17) is 9.47 Å². The van der Waals surface area contributed by atoms with Gasteiger partial charge < -0.3 is 19.8 Å². The molecule has 2 heterocycles. The average molecular weight is 449 g/mol. The van der Waals surface area contributed by atoms with Gasteiger partial charge in [0, 0.05) is 50.8 Å². The van der Waals surface area contributed by atoms with Crippen molar-refractivity contribution >= 4 is 38.2 Å². The van der Waals surface area contributed by atoms with Crippen LogP contribution in [0, 0.1) is 11.3 Å². The highest BCUT2D eigenvalue weighted by Gasteiger charge is 2.17. The molecule has 0 atom stereocenters. The quantitative estimate of drug-likeness (QED) is 0.413. The van der Waals surface area contributed by atoms with Crippen LogP contribution in [0.3, 0.4) is 0 Å². The summed E-state index contributed by atoms with van der Waals surface area (Å²) in [5, 5.41) is 14.1. The van der Waals surface area contributed by atoms with E-state index in [0.717, 1.165) is 32.2 Å². The molecule has 2 N–H and O–H groups in total. The van der Waals surface area contributed by atoms with E-state index in [1.54, 1.807) is 26.6 Å². The number of rotatable bonds is 5. The van der Waals surface area contributed by atoms with Crippen molar-refractivity contribution in [3.63, 3.8) is 0 Å².